The quantitative estimate of drug-likeness (QED) is 0.447. The third-order valence-corrected chi connectivity index (χ3v) is 5.58. The summed E-state index contributed by atoms with van der Waals surface area (Å²) in [7, 11) is 1.50. The number of aliphatic hydroxyl groups is 1. The number of aromatic nitrogens is 2. The van der Waals surface area contributed by atoms with Crippen LogP contribution in [0.25, 0.3) is 11.4 Å². The molecule has 3 aromatic rings. The van der Waals surface area contributed by atoms with E-state index in [1.54, 1.807) is 55.5 Å². The van der Waals surface area contributed by atoms with Crippen molar-refractivity contribution in [3.63, 3.8) is 0 Å². The Balaban J connectivity index is 1.80. The molecule has 4 rings (SSSR count). The Hall–Kier alpha value is -3.98. The van der Waals surface area contributed by atoms with Gasteiger partial charge in [0, 0.05) is 37.3 Å². The van der Waals surface area contributed by atoms with Crippen LogP contribution in [0.15, 0.2) is 64.4 Å². The van der Waals surface area contributed by atoms with Gasteiger partial charge in [-0.1, -0.05) is 37.2 Å². The molecule has 2 aromatic carbocycles. The van der Waals surface area contributed by atoms with Crippen molar-refractivity contribution in [3.05, 3.63) is 71.3 Å². The van der Waals surface area contributed by atoms with Crippen molar-refractivity contribution in [1.29, 1.82) is 0 Å². The molecule has 9 nitrogen and oxygen atoms in total. The van der Waals surface area contributed by atoms with Gasteiger partial charge in [-0.15, -0.1) is 0 Å². The van der Waals surface area contributed by atoms with Crippen LogP contribution in [-0.4, -0.2) is 40.8 Å². The van der Waals surface area contributed by atoms with Crippen molar-refractivity contribution < 1.29 is 28.7 Å². The molecule has 0 bridgehead atoms. The zero-order valence-electron chi connectivity index (χ0n) is 20.0. The van der Waals surface area contributed by atoms with E-state index < -0.39 is 17.7 Å². The summed E-state index contributed by atoms with van der Waals surface area (Å²) in [6, 6.07) is 13.1. The SMILES string of the molecule is COCOc1ccccc1C1C(C(=O)CC(C)C)=C(O)C(=O)N1c1ccc(-c2noc(C)n2)cc1. The zero-order valence-corrected chi connectivity index (χ0v) is 20.0. The van der Waals surface area contributed by atoms with Crippen LogP contribution in [0.5, 0.6) is 5.75 Å². The van der Waals surface area contributed by atoms with Gasteiger partial charge in [0.1, 0.15) is 5.75 Å². The molecule has 35 heavy (non-hydrogen) atoms. The van der Waals surface area contributed by atoms with E-state index in [0.29, 0.717) is 34.3 Å². The van der Waals surface area contributed by atoms with E-state index in [1.165, 1.54) is 12.0 Å². The summed E-state index contributed by atoms with van der Waals surface area (Å²) in [6.45, 7) is 5.51. The van der Waals surface area contributed by atoms with Gasteiger partial charge in [0.05, 0.1) is 11.6 Å². The number of benzene rings is 2. The van der Waals surface area contributed by atoms with Crippen LogP contribution in [0.3, 0.4) is 0 Å². The van der Waals surface area contributed by atoms with Crippen molar-refractivity contribution in [2.24, 2.45) is 5.92 Å². The molecule has 0 aliphatic carbocycles. The van der Waals surface area contributed by atoms with Crippen molar-refractivity contribution in [2.45, 2.75) is 33.2 Å². The number of aryl methyl sites for hydroxylation is 1. The molecule has 0 saturated carbocycles. The fraction of sp³-hybridized carbons (Fsp3) is 0.308. The minimum Gasteiger partial charge on any atom is -0.503 e. The zero-order chi connectivity index (χ0) is 25.1. The first kappa shape index (κ1) is 24.2. The number of hydrogen-bond acceptors (Lipinski definition) is 8. The number of ketones is 1. The summed E-state index contributed by atoms with van der Waals surface area (Å²) in [5.41, 5.74) is 1.80. The Morgan fingerprint density at radius 3 is 2.51 bits per heavy atom. The molecule has 1 amide bonds. The molecule has 1 aromatic heterocycles. The molecule has 1 unspecified atom stereocenters. The standard InChI is InChI=1S/C26H27N3O6/c1-15(2)13-20(30)22-23(19-7-5-6-8-21(19)34-14-33-4)29(26(32)24(22)31)18-11-9-17(10-12-18)25-27-16(3)35-28-25/h5-12,15,23,31H,13-14H2,1-4H3. The maximum Gasteiger partial charge on any atom is 0.294 e. The smallest absolute Gasteiger partial charge is 0.294 e. The van der Waals surface area contributed by atoms with Crippen molar-refractivity contribution in [3.8, 4) is 17.1 Å². The Bertz CT molecular complexity index is 1260. The molecule has 0 fully saturated rings. The van der Waals surface area contributed by atoms with Crippen molar-refractivity contribution in [1.82, 2.24) is 10.1 Å². The van der Waals surface area contributed by atoms with E-state index in [4.69, 9.17) is 14.0 Å². The highest BCUT2D eigenvalue weighted by atomic mass is 16.7. The van der Waals surface area contributed by atoms with E-state index in [-0.39, 0.29) is 30.5 Å². The van der Waals surface area contributed by atoms with Gasteiger partial charge in [-0.05, 0) is 36.2 Å². The van der Waals surface area contributed by atoms with Gasteiger partial charge in [-0.2, -0.15) is 4.98 Å². The van der Waals surface area contributed by atoms with Crippen LogP contribution in [0.2, 0.25) is 0 Å². The Morgan fingerprint density at radius 1 is 1.17 bits per heavy atom. The van der Waals surface area contributed by atoms with E-state index in [9.17, 15) is 14.7 Å². The fourth-order valence-corrected chi connectivity index (χ4v) is 4.08. The average Bonchev–Trinajstić information content (AvgIpc) is 3.38. The number of anilines is 1. The second kappa shape index (κ2) is 10.1. The molecule has 1 aliphatic heterocycles. The predicted molar refractivity (Wildman–Crippen MR) is 128 cm³/mol. The van der Waals surface area contributed by atoms with Crippen LogP contribution < -0.4 is 9.64 Å². The first-order valence-electron chi connectivity index (χ1n) is 11.2. The number of para-hydroxylation sites is 1. The summed E-state index contributed by atoms with van der Waals surface area (Å²) in [5, 5.41) is 14.8. The number of nitrogens with zero attached hydrogens (tertiary/aromatic N) is 3. The molecule has 0 saturated heterocycles. The van der Waals surface area contributed by atoms with Gasteiger partial charge in [0.15, 0.2) is 18.3 Å². The number of carbonyl (C=O) groups excluding carboxylic acids is 2. The number of carbonyl (C=O) groups is 2. The molecule has 1 N–H and O–H groups in total. The first-order chi connectivity index (χ1) is 16.8. The molecule has 0 spiro atoms. The summed E-state index contributed by atoms with van der Waals surface area (Å²) in [5.74, 6) is -0.157. The highest BCUT2D eigenvalue weighted by Gasteiger charge is 2.45. The highest BCUT2D eigenvalue weighted by Crippen LogP contribution is 2.44. The van der Waals surface area contributed by atoms with Gasteiger partial charge in [-0.3, -0.25) is 14.5 Å². The summed E-state index contributed by atoms with van der Waals surface area (Å²) in [6.07, 6.45) is 0.189. The normalized spacial score (nSPS) is 15.9. The van der Waals surface area contributed by atoms with E-state index in [1.807, 2.05) is 13.8 Å². The Morgan fingerprint density at radius 2 is 1.89 bits per heavy atom. The van der Waals surface area contributed by atoms with Gasteiger partial charge in [0.25, 0.3) is 5.91 Å². The number of Topliss-reactive ketones (excluding diaryl/α,β-unsaturated/α-hetero) is 1. The van der Waals surface area contributed by atoms with E-state index in [2.05, 4.69) is 10.1 Å². The number of rotatable bonds is 9. The minimum absolute atomic E-state index is 0.0124. The largest absolute Gasteiger partial charge is 0.503 e. The van der Waals surface area contributed by atoms with Crippen LogP contribution in [-0.2, 0) is 14.3 Å². The van der Waals surface area contributed by atoms with Gasteiger partial charge in [-0.25, -0.2) is 0 Å². The molecule has 0 radical (unpaired) electrons. The molecule has 2 heterocycles. The van der Waals surface area contributed by atoms with E-state index in [0.717, 1.165) is 0 Å². The van der Waals surface area contributed by atoms with Gasteiger partial charge in [0.2, 0.25) is 11.7 Å². The Kier molecular flexibility index (Phi) is 6.97. The Labute approximate surface area is 203 Å². The lowest BCUT2D eigenvalue weighted by Crippen LogP contribution is -2.31. The topological polar surface area (TPSA) is 115 Å². The number of ether oxygens (including phenoxy) is 2. The lowest BCUT2D eigenvalue weighted by Gasteiger charge is -2.28. The van der Waals surface area contributed by atoms with Crippen LogP contribution in [0.1, 0.15) is 37.8 Å². The van der Waals surface area contributed by atoms with Crippen LogP contribution in [0, 0.1) is 12.8 Å². The lowest BCUT2D eigenvalue weighted by atomic mass is 9.91. The van der Waals surface area contributed by atoms with Crippen molar-refractivity contribution in [2.75, 3.05) is 18.8 Å². The lowest BCUT2D eigenvalue weighted by molar-refractivity contribution is -0.118. The maximum atomic E-state index is 13.3. The number of hydrogen-bond donors (Lipinski definition) is 1. The summed E-state index contributed by atoms with van der Waals surface area (Å²) >= 11 is 0. The fourth-order valence-electron chi connectivity index (χ4n) is 4.08. The molecular weight excluding hydrogens is 450 g/mol. The predicted octanol–water partition coefficient (Wildman–Crippen LogP) is 4.54. The number of methoxy groups -OCH3 is 1. The molecule has 1 atom stereocenters. The van der Waals surface area contributed by atoms with Gasteiger partial charge >= 0.3 is 0 Å². The third-order valence-electron chi connectivity index (χ3n) is 5.58. The molecule has 1 aliphatic rings. The highest BCUT2D eigenvalue weighted by molar-refractivity contribution is 6.16. The number of aliphatic hydroxyl groups excluding tert-OH is 1. The molecule has 182 valence electrons. The van der Waals surface area contributed by atoms with E-state index >= 15 is 0 Å². The second-order valence-corrected chi connectivity index (χ2v) is 8.63. The van der Waals surface area contributed by atoms with Crippen LogP contribution >= 0.6 is 0 Å². The maximum absolute atomic E-state index is 13.3. The van der Waals surface area contributed by atoms with Gasteiger partial charge < -0.3 is 19.1 Å². The second-order valence-electron chi connectivity index (χ2n) is 8.63. The van der Waals surface area contributed by atoms with Crippen molar-refractivity contribution >= 4 is 17.4 Å². The average molecular weight is 478 g/mol. The van der Waals surface area contributed by atoms with Crippen LogP contribution in [0.4, 0.5) is 5.69 Å². The monoisotopic (exact) mass is 477 g/mol. The molecule has 9 heteroatoms. The third kappa shape index (κ3) is 4.81. The summed E-state index contributed by atoms with van der Waals surface area (Å²) < 4.78 is 15.8. The molecular formula is C26H27N3O6. The first-order valence-corrected chi connectivity index (χ1v) is 11.2. The summed E-state index contributed by atoms with van der Waals surface area (Å²) in [4.78, 5) is 32.2. The number of amides is 1. The minimum atomic E-state index is -0.875.